The molecule has 0 unspecified atom stereocenters. The molecule has 96 valence electrons. The number of thioether (sulfide) groups is 1. The van der Waals surface area contributed by atoms with Crippen LogP contribution in [0.25, 0.3) is 5.65 Å². The van der Waals surface area contributed by atoms with Crippen molar-refractivity contribution in [2.24, 2.45) is 5.92 Å². The SMILES string of the molecule is Nc1cn2ccnc2c(NCC2CCSCC2)n1. The molecule has 3 N–H and O–H groups in total. The maximum Gasteiger partial charge on any atom is 0.180 e. The van der Waals surface area contributed by atoms with Gasteiger partial charge >= 0.3 is 0 Å². The van der Waals surface area contributed by atoms with Crippen LogP contribution in [0.1, 0.15) is 12.8 Å². The number of nitrogens with zero attached hydrogens (tertiary/aromatic N) is 3. The molecule has 3 heterocycles. The summed E-state index contributed by atoms with van der Waals surface area (Å²) in [6.07, 6.45) is 7.99. The Morgan fingerprint density at radius 2 is 2.28 bits per heavy atom. The van der Waals surface area contributed by atoms with Gasteiger partial charge in [0.25, 0.3) is 0 Å². The lowest BCUT2D eigenvalue weighted by atomic mass is 10.0. The van der Waals surface area contributed by atoms with Crippen LogP contribution in [0.15, 0.2) is 18.6 Å². The molecule has 0 aromatic carbocycles. The van der Waals surface area contributed by atoms with Gasteiger partial charge < -0.3 is 15.5 Å². The molecule has 1 saturated heterocycles. The lowest BCUT2D eigenvalue weighted by molar-refractivity contribution is 0.515. The van der Waals surface area contributed by atoms with Gasteiger partial charge in [-0.3, -0.25) is 0 Å². The molecule has 2 aromatic rings. The van der Waals surface area contributed by atoms with E-state index in [-0.39, 0.29) is 0 Å². The molecule has 0 spiro atoms. The molecule has 5 nitrogen and oxygen atoms in total. The van der Waals surface area contributed by atoms with Gasteiger partial charge in [0.2, 0.25) is 0 Å². The van der Waals surface area contributed by atoms with E-state index < -0.39 is 0 Å². The number of nitrogens with one attached hydrogen (secondary N) is 1. The van der Waals surface area contributed by atoms with E-state index in [1.54, 1.807) is 12.4 Å². The van der Waals surface area contributed by atoms with Crippen LogP contribution in [0.4, 0.5) is 11.6 Å². The first-order chi connectivity index (χ1) is 8.83. The van der Waals surface area contributed by atoms with E-state index in [2.05, 4.69) is 15.3 Å². The normalized spacial score (nSPS) is 17.1. The van der Waals surface area contributed by atoms with Crippen LogP contribution in [-0.4, -0.2) is 32.4 Å². The summed E-state index contributed by atoms with van der Waals surface area (Å²) >= 11 is 2.05. The molecule has 0 bridgehead atoms. The first kappa shape index (κ1) is 11.6. The first-order valence-electron chi connectivity index (χ1n) is 6.24. The number of nitrogen functional groups attached to an aromatic ring is 1. The van der Waals surface area contributed by atoms with Crippen LogP contribution in [0.2, 0.25) is 0 Å². The summed E-state index contributed by atoms with van der Waals surface area (Å²) < 4.78 is 1.90. The molecular formula is C12H17N5S. The lowest BCUT2D eigenvalue weighted by Crippen LogP contribution is -2.20. The van der Waals surface area contributed by atoms with Gasteiger partial charge in [0.1, 0.15) is 5.82 Å². The molecule has 1 aliphatic rings. The molecule has 18 heavy (non-hydrogen) atoms. The Morgan fingerprint density at radius 3 is 3.11 bits per heavy atom. The minimum Gasteiger partial charge on any atom is -0.382 e. The van der Waals surface area contributed by atoms with Crippen LogP contribution >= 0.6 is 11.8 Å². The summed E-state index contributed by atoms with van der Waals surface area (Å²) in [5, 5.41) is 3.40. The zero-order chi connectivity index (χ0) is 12.4. The van der Waals surface area contributed by atoms with Crippen LogP contribution < -0.4 is 11.1 Å². The standard InChI is InChI=1S/C12H17N5S/c13-10-8-17-4-3-14-12(17)11(16-10)15-7-9-1-5-18-6-2-9/h3-4,8-9H,1-2,5-7,13H2,(H,15,16). The summed E-state index contributed by atoms with van der Waals surface area (Å²) in [5.41, 5.74) is 6.63. The second-order valence-corrected chi connectivity index (χ2v) is 5.83. The first-order valence-corrected chi connectivity index (χ1v) is 7.39. The van der Waals surface area contributed by atoms with Crippen molar-refractivity contribution >= 4 is 29.0 Å². The Kier molecular flexibility index (Phi) is 3.27. The molecule has 0 radical (unpaired) electrons. The average Bonchev–Trinajstić information content (AvgIpc) is 2.85. The number of aromatic nitrogens is 3. The molecule has 0 atom stereocenters. The summed E-state index contributed by atoms with van der Waals surface area (Å²) in [4.78, 5) is 8.64. The zero-order valence-electron chi connectivity index (χ0n) is 10.2. The Balaban J connectivity index is 1.75. The van der Waals surface area contributed by atoms with Crippen molar-refractivity contribution in [3.05, 3.63) is 18.6 Å². The Morgan fingerprint density at radius 1 is 1.44 bits per heavy atom. The number of imidazole rings is 1. The molecule has 0 saturated carbocycles. The third-order valence-electron chi connectivity index (χ3n) is 3.29. The van der Waals surface area contributed by atoms with E-state index >= 15 is 0 Å². The van der Waals surface area contributed by atoms with Crippen LogP contribution in [0.5, 0.6) is 0 Å². The minimum absolute atomic E-state index is 0.516. The van der Waals surface area contributed by atoms with Gasteiger partial charge in [-0.05, 0) is 30.3 Å². The van der Waals surface area contributed by atoms with Crippen LogP contribution in [0, 0.1) is 5.92 Å². The highest BCUT2D eigenvalue weighted by Gasteiger charge is 2.14. The summed E-state index contributed by atoms with van der Waals surface area (Å²) in [6, 6.07) is 0. The molecule has 1 fully saturated rings. The van der Waals surface area contributed by atoms with Crippen molar-refractivity contribution in [1.29, 1.82) is 0 Å². The number of anilines is 2. The number of nitrogens with two attached hydrogens (primary N) is 1. The molecule has 0 amide bonds. The second kappa shape index (κ2) is 5.06. The van der Waals surface area contributed by atoms with E-state index in [4.69, 9.17) is 5.73 Å². The van der Waals surface area contributed by atoms with Crippen molar-refractivity contribution in [3.8, 4) is 0 Å². The highest BCUT2D eigenvalue weighted by Crippen LogP contribution is 2.23. The van der Waals surface area contributed by atoms with Gasteiger partial charge in [-0.25, -0.2) is 9.97 Å². The predicted octanol–water partition coefficient (Wildman–Crippen LogP) is 1.87. The Bertz CT molecular complexity index is 532. The van der Waals surface area contributed by atoms with E-state index in [1.807, 2.05) is 22.4 Å². The van der Waals surface area contributed by atoms with Gasteiger partial charge in [-0.15, -0.1) is 0 Å². The van der Waals surface area contributed by atoms with E-state index in [1.165, 1.54) is 24.3 Å². The number of fused-ring (bicyclic) bond motifs is 1. The van der Waals surface area contributed by atoms with Crippen LogP contribution in [0.3, 0.4) is 0 Å². The number of hydrogen-bond acceptors (Lipinski definition) is 5. The smallest absolute Gasteiger partial charge is 0.180 e. The molecule has 0 aliphatic carbocycles. The minimum atomic E-state index is 0.516. The Hall–Kier alpha value is -1.43. The van der Waals surface area contributed by atoms with Crippen molar-refractivity contribution in [2.45, 2.75) is 12.8 Å². The topological polar surface area (TPSA) is 68.2 Å². The lowest BCUT2D eigenvalue weighted by Gasteiger charge is -2.21. The van der Waals surface area contributed by atoms with Crippen molar-refractivity contribution in [2.75, 3.05) is 29.1 Å². The van der Waals surface area contributed by atoms with E-state index in [9.17, 15) is 0 Å². The van der Waals surface area contributed by atoms with Crippen molar-refractivity contribution in [1.82, 2.24) is 14.4 Å². The Labute approximate surface area is 110 Å². The van der Waals surface area contributed by atoms with E-state index in [0.717, 1.165) is 23.9 Å². The highest BCUT2D eigenvalue weighted by atomic mass is 32.2. The molecule has 3 rings (SSSR count). The van der Waals surface area contributed by atoms with Gasteiger partial charge in [0.15, 0.2) is 11.5 Å². The fourth-order valence-electron chi connectivity index (χ4n) is 2.26. The third kappa shape index (κ3) is 2.38. The molecule has 6 heteroatoms. The number of rotatable bonds is 3. The fraction of sp³-hybridized carbons (Fsp3) is 0.500. The molecule has 2 aromatic heterocycles. The maximum atomic E-state index is 5.79. The largest absolute Gasteiger partial charge is 0.382 e. The zero-order valence-corrected chi connectivity index (χ0v) is 11.0. The summed E-state index contributed by atoms with van der Waals surface area (Å²) in [6.45, 7) is 0.958. The third-order valence-corrected chi connectivity index (χ3v) is 4.34. The van der Waals surface area contributed by atoms with Gasteiger partial charge in [0.05, 0.1) is 6.20 Å². The average molecular weight is 263 g/mol. The number of hydrogen-bond donors (Lipinski definition) is 2. The monoisotopic (exact) mass is 263 g/mol. The van der Waals surface area contributed by atoms with Crippen LogP contribution in [-0.2, 0) is 0 Å². The molecule has 1 aliphatic heterocycles. The van der Waals surface area contributed by atoms with Gasteiger partial charge in [0, 0.05) is 18.9 Å². The van der Waals surface area contributed by atoms with E-state index in [0.29, 0.717) is 5.82 Å². The van der Waals surface area contributed by atoms with Gasteiger partial charge in [-0.1, -0.05) is 0 Å². The predicted molar refractivity (Wildman–Crippen MR) is 75.9 cm³/mol. The van der Waals surface area contributed by atoms with Crippen molar-refractivity contribution in [3.63, 3.8) is 0 Å². The maximum absolute atomic E-state index is 5.79. The van der Waals surface area contributed by atoms with Gasteiger partial charge in [-0.2, -0.15) is 11.8 Å². The molecular weight excluding hydrogens is 246 g/mol. The quantitative estimate of drug-likeness (QED) is 0.884. The summed E-state index contributed by atoms with van der Waals surface area (Å²) in [7, 11) is 0. The second-order valence-electron chi connectivity index (χ2n) is 4.61. The fourth-order valence-corrected chi connectivity index (χ4v) is 3.47. The highest BCUT2D eigenvalue weighted by molar-refractivity contribution is 7.99. The van der Waals surface area contributed by atoms with Crippen molar-refractivity contribution < 1.29 is 0 Å². The summed E-state index contributed by atoms with van der Waals surface area (Å²) in [5.74, 6) is 4.59.